The normalized spacial score (nSPS) is 20.0. The number of methoxy groups -OCH3 is 1. The van der Waals surface area contributed by atoms with Crippen molar-refractivity contribution >= 4 is 18.0 Å². The van der Waals surface area contributed by atoms with Crippen LogP contribution in [0.3, 0.4) is 0 Å². The highest BCUT2D eigenvalue weighted by atomic mass is 16.5. The number of nitrogens with one attached hydrogen (secondary N) is 1. The fourth-order valence-electron chi connectivity index (χ4n) is 2.48. The maximum absolute atomic E-state index is 12.3. The van der Waals surface area contributed by atoms with Crippen LogP contribution < -0.4 is 5.32 Å². The van der Waals surface area contributed by atoms with Crippen LogP contribution in [0.4, 0.5) is 4.79 Å². The van der Waals surface area contributed by atoms with E-state index in [0.29, 0.717) is 19.4 Å². The number of carbonyl (C=O) groups is 3. The quantitative estimate of drug-likeness (QED) is 0.744. The zero-order valence-corrected chi connectivity index (χ0v) is 12.8. The van der Waals surface area contributed by atoms with Gasteiger partial charge in [0.1, 0.15) is 12.1 Å². The van der Waals surface area contributed by atoms with E-state index in [4.69, 9.17) is 9.84 Å². The number of carbonyl (C=O) groups excluding carboxylic acids is 2. The van der Waals surface area contributed by atoms with Crippen LogP contribution in [0, 0.1) is 5.92 Å². The Bertz CT molecular complexity index is 397. The number of rotatable bonds is 5. The molecule has 1 aliphatic rings. The van der Waals surface area contributed by atoms with E-state index in [1.165, 1.54) is 12.0 Å². The van der Waals surface area contributed by atoms with E-state index >= 15 is 0 Å². The first kappa shape index (κ1) is 17.3. The van der Waals surface area contributed by atoms with E-state index in [1.807, 2.05) is 13.8 Å². The average Bonchev–Trinajstić information content (AvgIpc) is 2.45. The molecule has 2 amide bonds. The lowest BCUT2D eigenvalue weighted by atomic mass is 10.0. The summed E-state index contributed by atoms with van der Waals surface area (Å²) in [4.78, 5) is 36.6. The van der Waals surface area contributed by atoms with E-state index in [-0.39, 0.29) is 5.92 Å². The van der Waals surface area contributed by atoms with Gasteiger partial charge >= 0.3 is 18.0 Å². The zero-order chi connectivity index (χ0) is 16.0. The summed E-state index contributed by atoms with van der Waals surface area (Å²) < 4.78 is 4.71. The number of carboxylic acid groups (broad SMARTS) is 1. The molecule has 0 radical (unpaired) electrons. The van der Waals surface area contributed by atoms with Gasteiger partial charge in [-0.1, -0.05) is 13.8 Å². The molecule has 0 spiro atoms. The summed E-state index contributed by atoms with van der Waals surface area (Å²) in [7, 11) is 1.28. The summed E-state index contributed by atoms with van der Waals surface area (Å²) in [6, 6.07) is -2.09. The molecule has 21 heavy (non-hydrogen) atoms. The van der Waals surface area contributed by atoms with Crippen molar-refractivity contribution in [3.63, 3.8) is 0 Å². The number of nitrogens with zero attached hydrogens (tertiary/aromatic N) is 1. The molecule has 0 aromatic rings. The molecule has 1 aliphatic heterocycles. The van der Waals surface area contributed by atoms with Crippen molar-refractivity contribution in [1.82, 2.24) is 10.2 Å². The molecule has 1 heterocycles. The second-order valence-corrected chi connectivity index (χ2v) is 5.70. The van der Waals surface area contributed by atoms with Crippen molar-refractivity contribution in [2.24, 2.45) is 5.92 Å². The highest BCUT2D eigenvalue weighted by Gasteiger charge is 2.34. The van der Waals surface area contributed by atoms with Crippen LogP contribution in [0.25, 0.3) is 0 Å². The Labute approximate surface area is 124 Å². The Hall–Kier alpha value is -1.79. The fraction of sp³-hybridized carbons (Fsp3) is 0.786. The monoisotopic (exact) mass is 300 g/mol. The molecule has 2 atom stereocenters. The van der Waals surface area contributed by atoms with Crippen molar-refractivity contribution in [2.75, 3.05) is 13.7 Å². The largest absolute Gasteiger partial charge is 0.480 e. The molecule has 0 saturated carbocycles. The Kier molecular flexibility index (Phi) is 6.45. The standard InChI is InChI=1S/C14H24N2O5/c1-9(2)8-10(12(17)18)15-14(20)16-7-5-4-6-11(16)13(19)21-3/h9-11H,4-8H2,1-3H3,(H,15,20)(H,17,18). The number of aliphatic carboxylic acids is 1. The average molecular weight is 300 g/mol. The summed E-state index contributed by atoms with van der Waals surface area (Å²) in [6.45, 7) is 4.21. The molecular formula is C14H24N2O5. The van der Waals surface area contributed by atoms with Crippen molar-refractivity contribution in [3.05, 3.63) is 0 Å². The first-order valence-electron chi connectivity index (χ1n) is 7.24. The van der Waals surface area contributed by atoms with Gasteiger partial charge in [-0.15, -0.1) is 0 Å². The zero-order valence-electron chi connectivity index (χ0n) is 12.8. The van der Waals surface area contributed by atoms with Gasteiger partial charge in [-0.05, 0) is 31.6 Å². The molecule has 7 heteroatoms. The third-order valence-corrected chi connectivity index (χ3v) is 3.54. The predicted octanol–water partition coefficient (Wildman–Crippen LogP) is 1.22. The van der Waals surface area contributed by atoms with Gasteiger partial charge in [-0.25, -0.2) is 14.4 Å². The van der Waals surface area contributed by atoms with Crippen LogP contribution >= 0.6 is 0 Å². The molecule has 0 aromatic heterocycles. The third-order valence-electron chi connectivity index (χ3n) is 3.54. The molecule has 2 unspecified atom stereocenters. The van der Waals surface area contributed by atoms with Gasteiger partial charge in [-0.2, -0.15) is 0 Å². The van der Waals surface area contributed by atoms with Gasteiger partial charge in [-0.3, -0.25) is 0 Å². The number of carboxylic acids is 1. The number of likely N-dealkylation sites (tertiary alicyclic amines) is 1. The molecule has 1 fully saturated rings. The number of urea groups is 1. The number of esters is 1. The maximum Gasteiger partial charge on any atom is 0.328 e. The van der Waals surface area contributed by atoms with Crippen LogP contribution in [-0.2, 0) is 14.3 Å². The van der Waals surface area contributed by atoms with Gasteiger partial charge in [0.15, 0.2) is 0 Å². The molecule has 0 aromatic carbocycles. The predicted molar refractivity (Wildman–Crippen MR) is 75.8 cm³/mol. The van der Waals surface area contributed by atoms with E-state index in [1.54, 1.807) is 0 Å². The van der Waals surface area contributed by atoms with Crippen LogP contribution in [0.2, 0.25) is 0 Å². The van der Waals surface area contributed by atoms with E-state index in [0.717, 1.165) is 12.8 Å². The maximum atomic E-state index is 12.3. The molecule has 1 rings (SSSR count). The van der Waals surface area contributed by atoms with E-state index in [9.17, 15) is 14.4 Å². The Morgan fingerprint density at radius 3 is 2.52 bits per heavy atom. The molecular weight excluding hydrogens is 276 g/mol. The van der Waals surface area contributed by atoms with Gasteiger partial charge in [0.2, 0.25) is 0 Å². The third kappa shape index (κ3) is 4.91. The lowest BCUT2D eigenvalue weighted by Gasteiger charge is -2.34. The van der Waals surface area contributed by atoms with Gasteiger partial charge in [0.05, 0.1) is 7.11 Å². The van der Waals surface area contributed by atoms with Crippen molar-refractivity contribution in [2.45, 2.75) is 51.6 Å². The fourth-order valence-corrected chi connectivity index (χ4v) is 2.48. The molecule has 2 N–H and O–H groups in total. The first-order valence-corrected chi connectivity index (χ1v) is 7.24. The van der Waals surface area contributed by atoms with E-state index in [2.05, 4.69) is 5.32 Å². The van der Waals surface area contributed by atoms with Gasteiger partial charge in [0, 0.05) is 6.54 Å². The minimum absolute atomic E-state index is 0.143. The summed E-state index contributed by atoms with van der Waals surface area (Å²) >= 11 is 0. The smallest absolute Gasteiger partial charge is 0.328 e. The topological polar surface area (TPSA) is 95.9 Å². The number of amides is 2. The van der Waals surface area contributed by atoms with Crippen molar-refractivity contribution in [3.8, 4) is 0 Å². The molecule has 0 bridgehead atoms. The van der Waals surface area contributed by atoms with E-state index < -0.39 is 30.1 Å². The minimum atomic E-state index is -1.07. The highest BCUT2D eigenvalue weighted by Crippen LogP contribution is 2.18. The van der Waals surface area contributed by atoms with Crippen molar-refractivity contribution < 1.29 is 24.2 Å². The molecule has 0 aliphatic carbocycles. The second kappa shape index (κ2) is 7.85. The number of hydrogen-bond acceptors (Lipinski definition) is 4. The second-order valence-electron chi connectivity index (χ2n) is 5.70. The first-order chi connectivity index (χ1) is 9.86. The van der Waals surface area contributed by atoms with Crippen LogP contribution in [0.5, 0.6) is 0 Å². The summed E-state index contributed by atoms with van der Waals surface area (Å²) in [5.41, 5.74) is 0. The van der Waals surface area contributed by atoms with Crippen LogP contribution in [-0.4, -0.2) is 53.7 Å². The van der Waals surface area contributed by atoms with Crippen LogP contribution in [0.15, 0.2) is 0 Å². The molecule has 120 valence electrons. The lowest BCUT2D eigenvalue weighted by molar-refractivity contribution is -0.146. The summed E-state index contributed by atoms with van der Waals surface area (Å²) in [6.07, 6.45) is 2.53. The number of ether oxygens (including phenoxy) is 1. The van der Waals surface area contributed by atoms with Gasteiger partial charge in [0.25, 0.3) is 0 Å². The minimum Gasteiger partial charge on any atom is -0.480 e. The van der Waals surface area contributed by atoms with Gasteiger partial charge < -0.3 is 20.1 Å². The molecule has 1 saturated heterocycles. The number of hydrogen-bond donors (Lipinski definition) is 2. The number of piperidine rings is 1. The SMILES string of the molecule is COC(=O)C1CCCCN1C(=O)NC(CC(C)C)C(=O)O. The van der Waals surface area contributed by atoms with Crippen molar-refractivity contribution in [1.29, 1.82) is 0 Å². The lowest BCUT2D eigenvalue weighted by Crippen LogP contribution is -2.55. The van der Waals surface area contributed by atoms with Crippen LogP contribution in [0.1, 0.15) is 39.5 Å². The summed E-state index contributed by atoms with van der Waals surface area (Å²) in [5.74, 6) is -1.38. The summed E-state index contributed by atoms with van der Waals surface area (Å²) in [5, 5.41) is 11.7. The Morgan fingerprint density at radius 2 is 2.00 bits per heavy atom. The molecule has 7 nitrogen and oxygen atoms in total. The highest BCUT2D eigenvalue weighted by molar-refractivity contribution is 5.86. The Morgan fingerprint density at radius 1 is 1.33 bits per heavy atom. The Balaban J connectivity index is 2.74.